The van der Waals surface area contributed by atoms with Crippen LogP contribution in [0, 0.1) is 0 Å². The summed E-state index contributed by atoms with van der Waals surface area (Å²) in [6, 6.07) is 7.95. The van der Waals surface area contributed by atoms with Gasteiger partial charge in [0, 0.05) is 6.42 Å². The standard InChI is InChI=1S/C9H11NO2/c11-10-6-8-5-7-3-1-2-4-9(7)12-8/h1-4,8,10-11H,5-6H2. The summed E-state index contributed by atoms with van der Waals surface area (Å²) < 4.78 is 5.52. The Bertz CT molecular complexity index is 250. The van der Waals surface area contributed by atoms with Gasteiger partial charge in [-0.15, -0.1) is 0 Å². The lowest BCUT2D eigenvalue weighted by molar-refractivity contribution is 0.115. The SMILES string of the molecule is ONCC1Cc2ccccc2O1. The third-order valence-corrected chi connectivity index (χ3v) is 2.03. The minimum Gasteiger partial charge on any atom is -0.488 e. The number of para-hydroxylation sites is 1. The van der Waals surface area contributed by atoms with Crippen LogP contribution in [0.5, 0.6) is 5.75 Å². The van der Waals surface area contributed by atoms with Gasteiger partial charge in [-0.1, -0.05) is 18.2 Å². The van der Waals surface area contributed by atoms with Crippen LogP contribution < -0.4 is 10.2 Å². The minimum atomic E-state index is 0.0763. The van der Waals surface area contributed by atoms with Crippen molar-refractivity contribution in [3.05, 3.63) is 29.8 Å². The van der Waals surface area contributed by atoms with Gasteiger partial charge >= 0.3 is 0 Å². The molecular weight excluding hydrogens is 154 g/mol. The number of hydroxylamine groups is 1. The molecule has 3 heteroatoms. The summed E-state index contributed by atoms with van der Waals surface area (Å²) in [6.07, 6.45) is 0.955. The van der Waals surface area contributed by atoms with E-state index in [1.54, 1.807) is 0 Å². The van der Waals surface area contributed by atoms with Crippen LogP contribution in [0.2, 0.25) is 0 Å². The second kappa shape index (κ2) is 3.13. The summed E-state index contributed by atoms with van der Waals surface area (Å²) in [5, 5.41) is 8.48. The molecule has 1 unspecified atom stereocenters. The van der Waals surface area contributed by atoms with Gasteiger partial charge in [-0.3, -0.25) is 0 Å². The Labute approximate surface area is 70.9 Å². The normalized spacial score (nSPS) is 20.2. The van der Waals surface area contributed by atoms with Crippen LogP contribution in [0.15, 0.2) is 24.3 Å². The lowest BCUT2D eigenvalue weighted by Gasteiger charge is -2.07. The van der Waals surface area contributed by atoms with Crippen molar-refractivity contribution < 1.29 is 9.94 Å². The van der Waals surface area contributed by atoms with Crippen molar-refractivity contribution >= 4 is 0 Å². The average molecular weight is 165 g/mol. The van der Waals surface area contributed by atoms with Crippen LogP contribution in [-0.4, -0.2) is 17.9 Å². The molecule has 12 heavy (non-hydrogen) atoms. The summed E-state index contributed by atoms with van der Waals surface area (Å²) in [5.41, 5.74) is 3.34. The van der Waals surface area contributed by atoms with Crippen LogP contribution in [0.1, 0.15) is 5.56 Å². The van der Waals surface area contributed by atoms with Gasteiger partial charge in [-0.25, -0.2) is 5.48 Å². The van der Waals surface area contributed by atoms with Crippen molar-refractivity contribution in [3.8, 4) is 5.75 Å². The van der Waals surface area contributed by atoms with Crippen LogP contribution in [0.25, 0.3) is 0 Å². The number of benzene rings is 1. The molecule has 0 saturated heterocycles. The third-order valence-electron chi connectivity index (χ3n) is 2.03. The Balaban J connectivity index is 2.11. The molecule has 0 spiro atoms. The highest BCUT2D eigenvalue weighted by molar-refractivity contribution is 5.37. The number of rotatable bonds is 2. The molecule has 1 aliphatic heterocycles. The molecule has 0 aliphatic carbocycles. The molecule has 1 heterocycles. The summed E-state index contributed by atoms with van der Waals surface area (Å²) in [4.78, 5) is 0. The quantitative estimate of drug-likeness (QED) is 0.641. The van der Waals surface area contributed by atoms with Crippen molar-refractivity contribution in [1.29, 1.82) is 0 Å². The van der Waals surface area contributed by atoms with Gasteiger partial charge in [0.15, 0.2) is 0 Å². The molecule has 2 N–H and O–H groups in total. The molecule has 1 atom stereocenters. The molecule has 0 amide bonds. The zero-order valence-electron chi connectivity index (χ0n) is 6.66. The molecule has 3 nitrogen and oxygen atoms in total. The predicted octanol–water partition coefficient (Wildman–Crippen LogP) is 0.969. The fourth-order valence-corrected chi connectivity index (χ4v) is 1.47. The Morgan fingerprint density at radius 1 is 1.50 bits per heavy atom. The van der Waals surface area contributed by atoms with E-state index in [0.29, 0.717) is 6.54 Å². The molecule has 64 valence electrons. The average Bonchev–Trinajstić information content (AvgIpc) is 2.47. The maximum absolute atomic E-state index is 8.48. The molecular formula is C9H11NO2. The Kier molecular flexibility index (Phi) is 1.98. The first kappa shape index (κ1) is 7.58. The zero-order chi connectivity index (χ0) is 8.39. The van der Waals surface area contributed by atoms with Gasteiger partial charge in [0.25, 0.3) is 0 Å². The Hall–Kier alpha value is -1.06. The first-order valence-electron chi connectivity index (χ1n) is 4.01. The van der Waals surface area contributed by atoms with Gasteiger partial charge in [0.2, 0.25) is 0 Å². The molecule has 1 aromatic carbocycles. The molecule has 2 rings (SSSR count). The van der Waals surface area contributed by atoms with E-state index in [4.69, 9.17) is 9.94 Å². The highest BCUT2D eigenvalue weighted by Crippen LogP contribution is 2.27. The summed E-state index contributed by atoms with van der Waals surface area (Å²) in [6.45, 7) is 0.481. The third kappa shape index (κ3) is 1.29. The fourth-order valence-electron chi connectivity index (χ4n) is 1.47. The van der Waals surface area contributed by atoms with Crippen LogP contribution in [0.4, 0.5) is 0 Å². The zero-order valence-corrected chi connectivity index (χ0v) is 6.66. The van der Waals surface area contributed by atoms with Gasteiger partial charge < -0.3 is 9.94 Å². The molecule has 0 bridgehead atoms. The molecule has 0 radical (unpaired) electrons. The minimum absolute atomic E-state index is 0.0763. The fraction of sp³-hybridized carbons (Fsp3) is 0.333. The van der Waals surface area contributed by atoms with E-state index >= 15 is 0 Å². The maximum Gasteiger partial charge on any atom is 0.123 e. The lowest BCUT2D eigenvalue weighted by atomic mass is 10.1. The molecule has 0 fully saturated rings. The van der Waals surface area contributed by atoms with Gasteiger partial charge in [-0.05, 0) is 11.6 Å². The van der Waals surface area contributed by atoms with Crippen molar-refractivity contribution in [1.82, 2.24) is 5.48 Å². The number of fused-ring (bicyclic) bond motifs is 1. The molecule has 0 saturated carbocycles. The van der Waals surface area contributed by atoms with Crippen LogP contribution in [0.3, 0.4) is 0 Å². The summed E-state index contributed by atoms with van der Waals surface area (Å²) in [7, 11) is 0. The summed E-state index contributed by atoms with van der Waals surface area (Å²) in [5.74, 6) is 0.942. The largest absolute Gasteiger partial charge is 0.488 e. The van der Waals surface area contributed by atoms with E-state index in [2.05, 4.69) is 5.48 Å². The van der Waals surface area contributed by atoms with Crippen molar-refractivity contribution in [2.75, 3.05) is 6.54 Å². The van der Waals surface area contributed by atoms with E-state index in [1.165, 1.54) is 5.56 Å². The van der Waals surface area contributed by atoms with E-state index < -0.39 is 0 Å². The molecule has 0 aromatic heterocycles. The number of hydrogen-bond acceptors (Lipinski definition) is 3. The van der Waals surface area contributed by atoms with Crippen molar-refractivity contribution in [2.45, 2.75) is 12.5 Å². The first-order valence-corrected chi connectivity index (χ1v) is 4.01. The van der Waals surface area contributed by atoms with Crippen molar-refractivity contribution in [2.24, 2.45) is 0 Å². The first-order chi connectivity index (χ1) is 5.90. The van der Waals surface area contributed by atoms with E-state index in [9.17, 15) is 0 Å². The topological polar surface area (TPSA) is 41.5 Å². The maximum atomic E-state index is 8.48. The monoisotopic (exact) mass is 165 g/mol. The Morgan fingerprint density at radius 3 is 3.08 bits per heavy atom. The summed E-state index contributed by atoms with van der Waals surface area (Å²) >= 11 is 0. The van der Waals surface area contributed by atoms with Gasteiger partial charge in [0.05, 0.1) is 6.54 Å². The number of hydrogen-bond donors (Lipinski definition) is 2. The van der Waals surface area contributed by atoms with E-state index in [0.717, 1.165) is 12.2 Å². The van der Waals surface area contributed by atoms with Gasteiger partial charge in [-0.2, -0.15) is 0 Å². The number of ether oxygens (including phenoxy) is 1. The second-order valence-electron chi connectivity index (χ2n) is 2.91. The van der Waals surface area contributed by atoms with Crippen LogP contribution in [-0.2, 0) is 6.42 Å². The van der Waals surface area contributed by atoms with E-state index in [-0.39, 0.29) is 6.10 Å². The smallest absolute Gasteiger partial charge is 0.123 e. The molecule has 1 aromatic rings. The van der Waals surface area contributed by atoms with Gasteiger partial charge in [0.1, 0.15) is 11.9 Å². The van der Waals surface area contributed by atoms with Crippen molar-refractivity contribution in [3.63, 3.8) is 0 Å². The highest BCUT2D eigenvalue weighted by Gasteiger charge is 2.21. The predicted molar refractivity (Wildman–Crippen MR) is 44.4 cm³/mol. The lowest BCUT2D eigenvalue weighted by Crippen LogP contribution is -2.27. The van der Waals surface area contributed by atoms with E-state index in [1.807, 2.05) is 24.3 Å². The number of nitrogens with one attached hydrogen (secondary N) is 1. The Morgan fingerprint density at radius 2 is 2.33 bits per heavy atom. The second-order valence-corrected chi connectivity index (χ2v) is 2.91. The van der Waals surface area contributed by atoms with Crippen LogP contribution >= 0.6 is 0 Å². The highest BCUT2D eigenvalue weighted by atomic mass is 16.5. The molecule has 1 aliphatic rings.